The Morgan fingerprint density at radius 1 is 1.07 bits per heavy atom. The molecule has 0 aliphatic carbocycles. The molecule has 1 fully saturated rings. The van der Waals surface area contributed by atoms with Crippen molar-refractivity contribution in [2.75, 3.05) is 13.1 Å². The first-order valence-corrected chi connectivity index (χ1v) is 9.41. The maximum Gasteiger partial charge on any atom is 0.227 e. The van der Waals surface area contributed by atoms with Crippen molar-refractivity contribution in [3.8, 4) is 0 Å². The van der Waals surface area contributed by atoms with Crippen molar-refractivity contribution < 1.29 is 18.4 Å². The lowest BCUT2D eigenvalue weighted by Gasteiger charge is -2.39. The minimum atomic E-state index is -0.690. The van der Waals surface area contributed by atoms with Crippen LogP contribution in [0.25, 0.3) is 0 Å². The van der Waals surface area contributed by atoms with E-state index in [1.165, 1.54) is 24.3 Å². The number of carbonyl (C=O) groups is 2. The molecule has 1 aliphatic heterocycles. The van der Waals surface area contributed by atoms with Gasteiger partial charge in [-0.15, -0.1) is 0 Å². The van der Waals surface area contributed by atoms with E-state index in [2.05, 4.69) is 5.32 Å². The first-order chi connectivity index (χ1) is 13.4. The maximum atomic E-state index is 13.3. The predicted octanol–water partition coefficient (Wildman–Crippen LogP) is 3.45. The lowest BCUT2D eigenvalue weighted by atomic mass is 9.80. The van der Waals surface area contributed by atoms with Gasteiger partial charge in [-0.25, -0.2) is 8.78 Å². The Hall–Kier alpha value is -2.76. The molecule has 148 valence electrons. The Morgan fingerprint density at radius 2 is 1.82 bits per heavy atom. The van der Waals surface area contributed by atoms with E-state index in [4.69, 9.17) is 0 Å². The topological polar surface area (TPSA) is 49.4 Å². The summed E-state index contributed by atoms with van der Waals surface area (Å²) in [5.41, 5.74) is 0.746. The van der Waals surface area contributed by atoms with Gasteiger partial charge in [0.25, 0.3) is 0 Å². The number of benzene rings is 2. The predicted molar refractivity (Wildman–Crippen MR) is 102 cm³/mol. The van der Waals surface area contributed by atoms with Crippen LogP contribution in [0.2, 0.25) is 0 Å². The Kier molecular flexibility index (Phi) is 6.07. The Balaban J connectivity index is 1.59. The average Bonchev–Trinajstić information content (AvgIpc) is 2.68. The molecule has 0 saturated carbocycles. The third-order valence-corrected chi connectivity index (χ3v) is 5.21. The van der Waals surface area contributed by atoms with E-state index in [-0.39, 0.29) is 36.4 Å². The van der Waals surface area contributed by atoms with Crippen LogP contribution < -0.4 is 5.32 Å². The maximum absolute atomic E-state index is 13.3. The van der Waals surface area contributed by atoms with Gasteiger partial charge in [0, 0.05) is 19.6 Å². The van der Waals surface area contributed by atoms with Crippen LogP contribution in [0.1, 0.15) is 30.9 Å². The van der Waals surface area contributed by atoms with Crippen LogP contribution >= 0.6 is 0 Å². The van der Waals surface area contributed by atoms with E-state index in [1.807, 2.05) is 6.92 Å². The van der Waals surface area contributed by atoms with Gasteiger partial charge < -0.3 is 10.2 Å². The molecule has 0 spiro atoms. The van der Waals surface area contributed by atoms with Crippen LogP contribution in [0.15, 0.2) is 48.5 Å². The summed E-state index contributed by atoms with van der Waals surface area (Å²) in [6, 6.07) is 12.0. The van der Waals surface area contributed by atoms with E-state index in [0.29, 0.717) is 25.1 Å². The molecule has 6 heteroatoms. The summed E-state index contributed by atoms with van der Waals surface area (Å²) >= 11 is 0. The highest BCUT2D eigenvalue weighted by Gasteiger charge is 2.39. The lowest BCUT2D eigenvalue weighted by Crippen LogP contribution is -2.52. The molecule has 1 heterocycles. The number of nitrogens with zero attached hydrogens (tertiary/aromatic N) is 1. The quantitative estimate of drug-likeness (QED) is 0.856. The second-order valence-electron chi connectivity index (χ2n) is 7.60. The number of halogens is 2. The fourth-order valence-electron chi connectivity index (χ4n) is 3.57. The molecule has 4 nitrogen and oxygen atoms in total. The van der Waals surface area contributed by atoms with Gasteiger partial charge in [0.2, 0.25) is 11.8 Å². The van der Waals surface area contributed by atoms with Crippen LogP contribution in [-0.4, -0.2) is 29.8 Å². The molecule has 28 heavy (non-hydrogen) atoms. The molecule has 1 unspecified atom stereocenters. The molecule has 1 aliphatic rings. The molecule has 1 N–H and O–H groups in total. The van der Waals surface area contributed by atoms with Crippen molar-refractivity contribution in [3.05, 3.63) is 71.3 Å². The third kappa shape index (κ3) is 4.94. The lowest BCUT2D eigenvalue weighted by molar-refractivity contribution is -0.140. The van der Waals surface area contributed by atoms with Gasteiger partial charge in [0.15, 0.2) is 0 Å². The van der Waals surface area contributed by atoms with E-state index >= 15 is 0 Å². The molecular weight excluding hydrogens is 362 g/mol. The number of likely N-dealkylation sites (tertiary alicyclic amines) is 1. The van der Waals surface area contributed by atoms with Gasteiger partial charge >= 0.3 is 0 Å². The van der Waals surface area contributed by atoms with Gasteiger partial charge in [-0.3, -0.25) is 9.59 Å². The SMILES string of the molecule is CC1(C(=O)NCc2cccc(F)c2)CCCN(C(=O)Cc2ccc(F)cc2)C1. The number of amides is 2. The molecule has 2 aromatic rings. The Labute approximate surface area is 163 Å². The monoisotopic (exact) mass is 386 g/mol. The average molecular weight is 386 g/mol. The second kappa shape index (κ2) is 8.50. The van der Waals surface area contributed by atoms with Gasteiger partial charge in [-0.2, -0.15) is 0 Å². The van der Waals surface area contributed by atoms with E-state index < -0.39 is 5.41 Å². The summed E-state index contributed by atoms with van der Waals surface area (Å²) in [4.78, 5) is 27.1. The van der Waals surface area contributed by atoms with Gasteiger partial charge in [-0.05, 0) is 55.2 Å². The van der Waals surface area contributed by atoms with Crippen LogP contribution in [-0.2, 0) is 22.6 Å². The molecule has 3 rings (SSSR count). The Morgan fingerprint density at radius 3 is 2.54 bits per heavy atom. The summed E-state index contributed by atoms with van der Waals surface area (Å²) in [6.07, 6.45) is 1.60. The van der Waals surface area contributed by atoms with Gasteiger partial charge in [0.05, 0.1) is 11.8 Å². The van der Waals surface area contributed by atoms with Crippen molar-refractivity contribution in [3.63, 3.8) is 0 Å². The van der Waals surface area contributed by atoms with Crippen molar-refractivity contribution in [1.82, 2.24) is 10.2 Å². The molecular formula is C22H24F2N2O2. The molecule has 1 atom stereocenters. The molecule has 0 aromatic heterocycles. The summed E-state index contributed by atoms with van der Waals surface area (Å²) in [7, 11) is 0. The van der Waals surface area contributed by atoms with E-state index in [9.17, 15) is 18.4 Å². The van der Waals surface area contributed by atoms with Crippen molar-refractivity contribution >= 4 is 11.8 Å². The number of hydrogen-bond acceptors (Lipinski definition) is 2. The van der Waals surface area contributed by atoms with Crippen LogP contribution in [0.4, 0.5) is 8.78 Å². The summed E-state index contributed by atoms with van der Waals surface area (Å²) < 4.78 is 26.3. The van der Waals surface area contributed by atoms with Gasteiger partial charge in [-0.1, -0.05) is 24.3 Å². The molecule has 2 aromatic carbocycles. The summed E-state index contributed by atoms with van der Waals surface area (Å²) in [5.74, 6) is -0.892. The minimum Gasteiger partial charge on any atom is -0.351 e. The van der Waals surface area contributed by atoms with Gasteiger partial charge in [0.1, 0.15) is 11.6 Å². The molecule has 1 saturated heterocycles. The first-order valence-electron chi connectivity index (χ1n) is 9.41. The fraction of sp³-hybridized carbons (Fsp3) is 0.364. The summed E-state index contributed by atoms with van der Waals surface area (Å²) in [5, 5.41) is 2.87. The number of piperidine rings is 1. The summed E-state index contributed by atoms with van der Waals surface area (Å²) in [6.45, 7) is 3.04. The van der Waals surface area contributed by atoms with Crippen molar-refractivity contribution in [2.24, 2.45) is 5.41 Å². The Bertz CT molecular complexity index is 854. The molecule has 2 amide bonds. The smallest absolute Gasteiger partial charge is 0.227 e. The number of nitrogens with one attached hydrogen (secondary N) is 1. The van der Waals surface area contributed by atoms with Crippen LogP contribution in [0.5, 0.6) is 0 Å². The number of hydrogen-bond donors (Lipinski definition) is 1. The second-order valence-corrected chi connectivity index (χ2v) is 7.60. The van der Waals surface area contributed by atoms with Crippen molar-refractivity contribution in [1.29, 1.82) is 0 Å². The van der Waals surface area contributed by atoms with Crippen molar-refractivity contribution in [2.45, 2.75) is 32.7 Å². The standard InChI is InChI=1S/C22H24F2N2O2/c1-22(21(28)25-14-17-4-2-5-19(24)12-17)10-3-11-26(15-22)20(27)13-16-6-8-18(23)9-7-16/h2,4-9,12H,3,10-11,13-15H2,1H3,(H,25,28). The van der Waals surface area contributed by atoms with Crippen LogP contribution in [0.3, 0.4) is 0 Å². The van der Waals surface area contributed by atoms with Crippen LogP contribution in [0, 0.1) is 17.0 Å². The largest absolute Gasteiger partial charge is 0.351 e. The highest BCUT2D eigenvalue weighted by atomic mass is 19.1. The zero-order valence-electron chi connectivity index (χ0n) is 15.9. The first kappa shape index (κ1) is 20.0. The van der Waals surface area contributed by atoms with E-state index in [0.717, 1.165) is 12.0 Å². The zero-order valence-corrected chi connectivity index (χ0v) is 15.9. The minimum absolute atomic E-state index is 0.0736. The fourth-order valence-corrected chi connectivity index (χ4v) is 3.57. The molecule has 0 bridgehead atoms. The third-order valence-electron chi connectivity index (χ3n) is 5.21. The van der Waals surface area contributed by atoms with E-state index in [1.54, 1.807) is 29.2 Å². The highest BCUT2D eigenvalue weighted by Crippen LogP contribution is 2.30. The molecule has 0 radical (unpaired) electrons. The zero-order chi connectivity index (χ0) is 20.1. The highest BCUT2D eigenvalue weighted by molar-refractivity contribution is 5.84. The number of carbonyl (C=O) groups excluding carboxylic acids is 2. The number of rotatable bonds is 5. The normalized spacial score (nSPS) is 19.3.